The summed E-state index contributed by atoms with van der Waals surface area (Å²) in [5.74, 6) is 1.88. The van der Waals surface area contributed by atoms with Crippen LogP contribution < -0.4 is 24.8 Å². The molecule has 0 radical (unpaired) electrons. The lowest BCUT2D eigenvalue weighted by Gasteiger charge is -2.29. The first-order valence-corrected chi connectivity index (χ1v) is 13.1. The van der Waals surface area contributed by atoms with Crippen molar-refractivity contribution < 1.29 is 19.0 Å². The smallest absolute Gasteiger partial charge is 0.255 e. The van der Waals surface area contributed by atoms with Gasteiger partial charge in [0.2, 0.25) is 5.95 Å². The fraction of sp³-hybridized carbons (Fsp3) is 0.207. The number of halogens is 1. The van der Waals surface area contributed by atoms with Gasteiger partial charge in [0.1, 0.15) is 24.7 Å². The Hall–Kier alpha value is -4.31. The highest BCUT2D eigenvalue weighted by atomic mass is 79.9. The molecule has 5 rings (SSSR count). The van der Waals surface area contributed by atoms with Gasteiger partial charge in [0.05, 0.1) is 30.0 Å². The van der Waals surface area contributed by atoms with Crippen molar-refractivity contribution in [3.8, 4) is 17.2 Å². The number of carbonyl (C=O) groups excluding carboxylic acids is 1. The number of aromatic nitrogens is 3. The monoisotopic (exact) mass is 589 g/mol. The molecule has 0 saturated carbocycles. The fourth-order valence-electron chi connectivity index (χ4n) is 4.51. The van der Waals surface area contributed by atoms with Gasteiger partial charge in [-0.15, -0.1) is 0 Å². The maximum Gasteiger partial charge on any atom is 0.255 e. The highest BCUT2D eigenvalue weighted by Crippen LogP contribution is 2.43. The van der Waals surface area contributed by atoms with Crippen LogP contribution in [0.2, 0.25) is 0 Å². The number of para-hydroxylation sites is 2. The van der Waals surface area contributed by atoms with Gasteiger partial charge < -0.3 is 24.8 Å². The van der Waals surface area contributed by atoms with Crippen LogP contribution in [0.4, 0.5) is 11.6 Å². The second-order valence-electron chi connectivity index (χ2n) is 9.06. The number of carbonyl (C=O) groups is 1. The van der Waals surface area contributed by atoms with Crippen molar-refractivity contribution in [3.05, 3.63) is 99.4 Å². The van der Waals surface area contributed by atoms with Crippen LogP contribution >= 0.6 is 15.9 Å². The molecule has 0 aliphatic carbocycles. The standard InChI is InChI=1S/C29H28BrN5O4/c1-17-9-11-19(12-10-17)15-39-27-21(30)13-20(14-24(27)38-4)26-25(18(2)33-29-31-16-32-35(26)29)28(36)34-22-7-5-6-8-23(22)37-3/h5-14,16,26H,15H2,1-4H3,(H,34,36)(H,31,32,33)/t26-/m0/s1. The van der Waals surface area contributed by atoms with Crippen LogP contribution in [-0.4, -0.2) is 34.9 Å². The van der Waals surface area contributed by atoms with Gasteiger partial charge in [-0.1, -0.05) is 42.0 Å². The Labute approximate surface area is 234 Å². The number of rotatable bonds is 8. The molecule has 2 N–H and O–H groups in total. The number of amides is 1. The summed E-state index contributed by atoms with van der Waals surface area (Å²) in [5.41, 5.74) is 4.68. The van der Waals surface area contributed by atoms with E-state index in [0.717, 1.165) is 11.1 Å². The first-order valence-electron chi connectivity index (χ1n) is 12.3. The summed E-state index contributed by atoms with van der Waals surface area (Å²) in [6.45, 7) is 4.26. The van der Waals surface area contributed by atoms with Gasteiger partial charge in [-0.25, -0.2) is 4.68 Å². The Kier molecular flexibility index (Phi) is 7.56. The summed E-state index contributed by atoms with van der Waals surface area (Å²) in [6.07, 6.45) is 1.45. The zero-order valence-corrected chi connectivity index (χ0v) is 23.6. The van der Waals surface area contributed by atoms with Crippen molar-refractivity contribution in [3.63, 3.8) is 0 Å². The van der Waals surface area contributed by atoms with Gasteiger partial charge in [-0.2, -0.15) is 10.1 Å². The molecule has 39 heavy (non-hydrogen) atoms. The number of aryl methyl sites for hydroxylation is 1. The molecule has 1 amide bonds. The quantitative estimate of drug-likeness (QED) is 0.265. The number of nitrogens with one attached hydrogen (secondary N) is 2. The van der Waals surface area contributed by atoms with Gasteiger partial charge in [-0.3, -0.25) is 4.79 Å². The molecule has 3 aromatic carbocycles. The Morgan fingerprint density at radius 2 is 1.79 bits per heavy atom. The normalized spacial score (nSPS) is 14.3. The van der Waals surface area contributed by atoms with Crippen LogP contribution in [-0.2, 0) is 11.4 Å². The van der Waals surface area contributed by atoms with E-state index in [4.69, 9.17) is 14.2 Å². The number of anilines is 2. The van der Waals surface area contributed by atoms with Crippen molar-refractivity contribution in [2.75, 3.05) is 24.9 Å². The predicted molar refractivity (Wildman–Crippen MR) is 152 cm³/mol. The molecule has 1 aliphatic heterocycles. The third kappa shape index (κ3) is 5.33. The summed E-state index contributed by atoms with van der Waals surface area (Å²) >= 11 is 3.67. The molecule has 1 aromatic heterocycles. The predicted octanol–water partition coefficient (Wildman–Crippen LogP) is 5.87. The number of nitrogens with zero attached hydrogens (tertiary/aromatic N) is 3. The number of allylic oxidation sites excluding steroid dienone is 1. The zero-order valence-electron chi connectivity index (χ0n) is 22.0. The van der Waals surface area contributed by atoms with E-state index in [-0.39, 0.29) is 5.91 Å². The molecule has 0 bridgehead atoms. The molecule has 2 heterocycles. The molecule has 4 aromatic rings. The lowest BCUT2D eigenvalue weighted by molar-refractivity contribution is -0.113. The van der Waals surface area contributed by atoms with Gasteiger partial charge in [-0.05, 0) is 65.2 Å². The van der Waals surface area contributed by atoms with E-state index < -0.39 is 6.04 Å². The van der Waals surface area contributed by atoms with Crippen molar-refractivity contribution in [1.29, 1.82) is 0 Å². The van der Waals surface area contributed by atoms with E-state index in [0.29, 0.717) is 51.2 Å². The molecule has 9 nitrogen and oxygen atoms in total. The molecule has 10 heteroatoms. The molecule has 0 saturated heterocycles. The number of benzene rings is 3. The van der Waals surface area contributed by atoms with Gasteiger partial charge in [0.25, 0.3) is 5.91 Å². The number of hydrogen-bond donors (Lipinski definition) is 2. The average Bonchev–Trinajstić information content (AvgIpc) is 3.40. The molecule has 0 unspecified atom stereocenters. The summed E-state index contributed by atoms with van der Waals surface area (Å²) in [6, 6.07) is 18.6. The van der Waals surface area contributed by atoms with E-state index >= 15 is 0 Å². The lowest BCUT2D eigenvalue weighted by atomic mass is 9.94. The van der Waals surface area contributed by atoms with Crippen LogP contribution in [0.25, 0.3) is 0 Å². The third-order valence-electron chi connectivity index (χ3n) is 6.47. The highest BCUT2D eigenvalue weighted by Gasteiger charge is 2.34. The maximum atomic E-state index is 13.8. The van der Waals surface area contributed by atoms with E-state index in [1.54, 1.807) is 31.0 Å². The van der Waals surface area contributed by atoms with Gasteiger partial charge in [0, 0.05) is 5.70 Å². The second kappa shape index (κ2) is 11.2. The average molecular weight is 590 g/mol. The Bertz CT molecular complexity index is 1550. The molecule has 0 fully saturated rings. The lowest BCUT2D eigenvalue weighted by Crippen LogP contribution is -2.31. The first kappa shape index (κ1) is 26.3. The largest absolute Gasteiger partial charge is 0.495 e. The summed E-state index contributed by atoms with van der Waals surface area (Å²) in [5, 5.41) is 10.6. The minimum absolute atomic E-state index is 0.301. The number of hydrogen-bond acceptors (Lipinski definition) is 7. The van der Waals surface area contributed by atoms with Crippen LogP contribution in [0.3, 0.4) is 0 Å². The Morgan fingerprint density at radius 3 is 2.54 bits per heavy atom. The van der Waals surface area contributed by atoms with Crippen LogP contribution in [0.1, 0.15) is 29.7 Å². The summed E-state index contributed by atoms with van der Waals surface area (Å²) in [7, 11) is 3.15. The van der Waals surface area contributed by atoms with E-state index in [9.17, 15) is 4.79 Å². The number of ether oxygens (including phenoxy) is 3. The minimum atomic E-state index is -0.588. The van der Waals surface area contributed by atoms with Crippen LogP contribution in [0.15, 0.2) is 82.7 Å². The number of fused-ring (bicyclic) bond motifs is 1. The van der Waals surface area contributed by atoms with E-state index in [1.807, 2.05) is 62.4 Å². The minimum Gasteiger partial charge on any atom is -0.495 e. The molecule has 1 aliphatic rings. The van der Waals surface area contributed by atoms with E-state index in [2.05, 4.69) is 36.6 Å². The third-order valence-corrected chi connectivity index (χ3v) is 7.05. The first-order chi connectivity index (χ1) is 18.9. The Balaban J connectivity index is 1.51. The molecule has 200 valence electrons. The second-order valence-corrected chi connectivity index (χ2v) is 9.91. The summed E-state index contributed by atoms with van der Waals surface area (Å²) in [4.78, 5) is 18.1. The topological polar surface area (TPSA) is 99.5 Å². The molecular weight excluding hydrogens is 562 g/mol. The van der Waals surface area contributed by atoms with Crippen molar-refractivity contribution in [2.24, 2.45) is 0 Å². The number of methoxy groups -OCH3 is 2. The van der Waals surface area contributed by atoms with Crippen molar-refractivity contribution in [2.45, 2.75) is 26.5 Å². The van der Waals surface area contributed by atoms with Crippen molar-refractivity contribution >= 4 is 33.5 Å². The van der Waals surface area contributed by atoms with Crippen molar-refractivity contribution in [1.82, 2.24) is 14.8 Å². The van der Waals surface area contributed by atoms with Crippen LogP contribution in [0, 0.1) is 6.92 Å². The van der Waals surface area contributed by atoms with Crippen LogP contribution in [0.5, 0.6) is 17.2 Å². The highest BCUT2D eigenvalue weighted by molar-refractivity contribution is 9.10. The summed E-state index contributed by atoms with van der Waals surface area (Å²) < 4.78 is 19.7. The van der Waals surface area contributed by atoms with E-state index in [1.165, 1.54) is 11.9 Å². The SMILES string of the molecule is COc1ccccc1NC(=O)C1=C(C)Nc2ncnn2[C@H]1c1cc(Br)c(OCc2ccc(C)cc2)c(OC)c1. The zero-order chi connectivity index (χ0) is 27.5. The van der Waals surface area contributed by atoms with Gasteiger partial charge >= 0.3 is 0 Å². The Morgan fingerprint density at radius 1 is 1.05 bits per heavy atom. The maximum absolute atomic E-state index is 13.8. The molecule has 0 spiro atoms. The molecule has 1 atom stereocenters. The fourth-order valence-corrected chi connectivity index (χ4v) is 5.08. The van der Waals surface area contributed by atoms with Gasteiger partial charge in [0.15, 0.2) is 11.5 Å². The molecular formula is C29H28BrN5O4.